The number of allylic oxidation sites excluding steroid dienone is 1. The molecule has 0 saturated heterocycles. The first-order valence-electron chi connectivity index (χ1n) is 6.14. The average molecular weight is 230 g/mol. The molecule has 1 aromatic carbocycles. The molecule has 17 heavy (non-hydrogen) atoms. The molecule has 0 spiro atoms. The van der Waals surface area contributed by atoms with Crippen molar-refractivity contribution in [2.24, 2.45) is 0 Å². The van der Waals surface area contributed by atoms with E-state index in [4.69, 9.17) is 5.11 Å². The van der Waals surface area contributed by atoms with Crippen LogP contribution in [0, 0.1) is 0 Å². The number of carboxylic acid groups (broad SMARTS) is 1. The van der Waals surface area contributed by atoms with Crippen LogP contribution < -0.4 is 0 Å². The number of carbonyl (C=O) groups is 1. The summed E-state index contributed by atoms with van der Waals surface area (Å²) in [6.45, 7) is 4.32. The van der Waals surface area contributed by atoms with Crippen molar-refractivity contribution < 1.29 is 9.90 Å². The van der Waals surface area contributed by atoms with Crippen LogP contribution in [0.2, 0.25) is 0 Å². The van der Waals surface area contributed by atoms with Gasteiger partial charge in [0.15, 0.2) is 0 Å². The molecule has 0 unspecified atom stereocenters. The van der Waals surface area contributed by atoms with E-state index < -0.39 is 5.97 Å². The van der Waals surface area contributed by atoms with Gasteiger partial charge in [0, 0.05) is 6.08 Å². The molecule has 0 fully saturated rings. The second-order valence-corrected chi connectivity index (χ2v) is 4.93. The van der Waals surface area contributed by atoms with Crippen molar-refractivity contribution in [1.82, 2.24) is 0 Å². The molecule has 0 atom stereocenters. The Balaban J connectivity index is 2.48. The number of aliphatic carboxylic acids is 1. The Labute approximate surface area is 102 Å². The first-order valence-corrected chi connectivity index (χ1v) is 6.14. The third-order valence-corrected chi connectivity index (χ3v) is 3.34. The summed E-state index contributed by atoms with van der Waals surface area (Å²) >= 11 is 0. The zero-order valence-corrected chi connectivity index (χ0v) is 10.4. The summed E-state index contributed by atoms with van der Waals surface area (Å²) in [6, 6.07) is 6.47. The summed E-state index contributed by atoms with van der Waals surface area (Å²) in [7, 11) is 0. The van der Waals surface area contributed by atoms with Crippen LogP contribution in [0.3, 0.4) is 0 Å². The Morgan fingerprint density at radius 3 is 2.76 bits per heavy atom. The molecule has 0 heterocycles. The third kappa shape index (κ3) is 2.57. The van der Waals surface area contributed by atoms with Gasteiger partial charge in [-0.25, -0.2) is 4.79 Å². The van der Waals surface area contributed by atoms with Crippen molar-refractivity contribution in [2.75, 3.05) is 0 Å². The summed E-state index contributed by atoms with van der Waals surface area (Å²) < 4.78 is 0. The van der Waals surface area contributed by atoms with Gasteiger partial charge in [-0.05, 0) is 47.4 Å². The summed E-state index contributed by atoms with van der Waals surface area (Å²) in [6.07, 6.45) is 4.35. The van der Waals surface area contributed by atoms with Gasteiger partial charge in [0.25, 0.3) is 0 Å². The number of aryl methyl sites for hydroxylation is 1. The molecule has 0 radical (unpaired) electrons. The Bertz CT molecular complexity index is 470. The standard InChI is InChI=1S/C15H18O2/c1-10(2)12-7-6-11-4-3-5-13(9-15(16)17)14(11)8-12/h6-10H,3-5H2,1-2H3,(H,16,17)/b13-9+. The second-order valence-electron chi connectivity index (χ2n) is 4.93. The maximum absolute atomic E-state index is 10.8. The number of hydrogen-bond donors (Lipinski definition) is 1. The Hall–Kier alpha value is -1.57. The minimum Gasteiger partial charge on any atom is -0.478 e. The predicted octanol–water partition coefficient (Wildman–Crippen LogP) is 3.61. The molecule has 1 N–H and O–H groups in total. The fraction of sp³-hybridized carbons (Fsp3) is 0.400. The molecule has 0 bridgehead atoms. The Morgan fingerprint density at radius 2 is 2.12 bits per heavy atom. The largest absolute Gasteiger partial charge is 0.478 e. The summed E-state index contributed by atoms with van der Waals surface area (Å²) in [5.41, 5.74) is 4.68. The van der Waals surface area contributed by atoms with E-state index in [1.807, 2.05) is 0 Å². The highest BCUT2D eigenvalue weighted by Crippen LogP contribution is 2.32. The van der Waals surface area contributed by atoms with Gasteiger partial charge < -0.3 is 5.11 Å². The molecular formula is C15H18O2. The van der Waals surface area contributed by atoms with Gasteiger partial charge in [-0.2, -0.15) is 0 Å². The summed E-state index contributed by atoms with van der Waals surface area (Å²) in [4.78, 5) is 10.8. The molecule has 1 aliphatic rings. The quantitative estimate of drug-likeness (QED) is 0.788. The van der Waals surface area contributed by atoms with Crippen molar-refractivity contribution >= 4 is 11.5 Å². The van der Waals surface area contributed by atoms with Gasteiger partial charge in [0.05, 0.1) is 0 Å². The number of carboxylic acids is 1. The molecule has 0 saturated carbocycles. The van der Waals surface area contributed by atoms with Crippen LogP contribution in [0.25, 0.3) is 5.57 Å². The van der Waals surface area contributed by atoms with E-state index in [0.717, 1.165) is 30.4 Å². The minimum atomic E-state index is -0.845. The number of benzene rings is 1. The normalized spacial score (nSPS) is 17.2. The van der Waals surface area contributed by atoms with Crippen molar-refractivity contribution in [1.29, 1.82) is 0 Å². The van der Waals surface area contributed by atoms with Gasteiger partial charge in [0.2, 0.25) is 0 Å². The number of fused-ring (bicyclic) bond motifs is 1. The first kappa shape index (κ1) is 11.9. The maximum atomic E-state index is 10.8. The molecular weight excluding hydrogens is 212 g/mol. The van der Waals surface area contributed by atoms with Crippen LogP contribution in [0.15, 0.2) is 24.3 Å². The summed E-state index contributed by atoms with van der Waals surface area (Å²) in [5, 5.41) is 8.89. The second kappa shape index (κ2) is 4.74. The highest BCUT2D eigenvalue weighted by atomic mass is 16.4. The lowest BCUT2D eigenvalue weighted by atomic mass is 9.84. The van der Waals surface area contributed by atoms with Gasteiger partial charge in [-0.3, -0.25) is 0 Å². The van der Waals surface area contributed by atoms with E-state index in [-0.39, 0.29) is 0 Å². The molecule has 0 aromatic heterocycles. The van der Waals surface area contributed by atoms with Gasteiger partial charge in [-0.1, -0.05) is 32.0 Å². The van der Waals surface area contributed by atoms with Crippen LogP contribution in [0.5, 0.6) is 0 Å². The average Bonchev–Trinajstić information content (AvgIpc) is 2.28. The molecule has 1 aromatic rings. The molecule has 2 nitrogen and oxygen atoms in total. The van der Waals surface area contributed by atoms with Crippen molar-refractivity contribution in [3.63, 3.8) is 0 Å². The number of rotatable bonds is 2. The van der Waals surface area contributed by atoms with E-state index >= 15 is 0 Å². The Morgan fingerprint density at radius 1 is 1.35 bits per heavy atom. The third-order valence-electron chi connectivity index (χ3n) is 3.34. The maximum Gasteiger partial charge on any atom is 0.328 e. The van der Waals surface area contributed by atoms with Crippen molar-refractivity contribution in [3.8, 4) is 0 Å². The molecule has 0 aliphatic heterocycles. The molecule has 2 rings (SSSR count). The van der Waals surface area contributed by atoms with E-state index in [0.29, 0.717) is 5.92 Å². The topological polar surface area (TPSA) is 37.3 Å². The van der Waals surface area contributed by atoms with Crippen molar-refractivity contribution in [3.05, 3.63) is 41.0 Å². The molecule has 1 aliphatic carbocycles. The van der Waals surface area contributed by atoms with E-state index in [9.17, 15) is 4.79 Å². The fourth-order valence-corrected chi connectivity index (χ4v) is 2.37. The predicted molar refractivity (Wildman–Crippen MR) is 69.1 cm³/mol. The van der Waals surface area contributed by atoms with Crippen LogP contribution in [0.4, 0.5) is 0 Å². The lowest BCUT2D eigenvalue weighted by Crippen LogP contribution is -2.05. The fourth-order valence-electron chi connectivity index (χ4n) is 2.37. The van der Waals surface area contributed by atoms with Gasteiger partial charge in [0.1, 0.15) is 0 Å². The molecule has 0 amide bonds. The Kier molecular flexibility index (Phi) is 3.32. The SMILES string of the molecule is CC(C)c1ccc2c(c1)/C(=C/C(=O)O)CCC2. The van der Waals surface area contributed by atoms with Crippen molar-refractivity contribution in [2.45, 2.75) is 39.0 Å². The van der Waals surface area contributed by atoms with Crippen LogP contribution >= 0.6 is 0 Å². The molecule has 90 valence electrons. The van der Waals surface area contributed by atoms with Crippen LogP contribution in [0.1, 0.15) is 49.3 Å². The monoisotopic (exact) mass is 230 g/mol. The zero-order chi connectivity index (χ0) is 12.4. The van der Waals surface area contributed by atoms with E-state index in [1.165, 1.54) is 17.2 Å². The highest BCUT2D eigenvalue weighted by Gasteiger charge is 2.16. The summed E-state index contributed by atoms with van der Waals surface area (Å²) in [5.74, 6) is -0.365. The smallest absolute Gasteiger partial charge is 0.328 e. The lowest BCUT2D eigenvalue weighted by Gasteiger charge is -2.20. The van der Waals surface area contributed by atoms with Crippen LogP contribution in [-0.2, 0) is 11.2 Å². The van der Waals surface area contributed by atoms with E-state index in [2.05, 4.69) is 32.0 Å². The highest BCUT2D eigenvalue weighted by molar-refractivity contribution is 5.91. The zero-order valence-electron chi connectivity index (χ0n) is 10.4. The van der Waals surface area contributed by atoms with Gasteiger partial charge >= 0.3 is 5.97 Å². The van der Waals surface area contributed by atoms with E-state index in [1.54, 1.807) is 0 Å². The van der Waals surface area contributed by atoms with Crippen LogP contribution in [-0.4, -0.2) is 11.1 Å². The lowest BCUT2D eigenvalue weighted by molar-refractivity contribution is -0.131. The van der Waals surface area contributed by atoms with Gasteiger partial charge in [-0.15, -0.1) is 0 Å². The first-order chi connectivity index (χ1) is 8.08. The number of hydrogen-bond acceptors (Lipinski definition) is 1. The molecule has 2 heteroatoms. The minimum absolute atomic E-state index is 0.480.